The fraction of sp³-hybridized carbons (Fsp3) is 0.120. The molecule has 1 amide bonds. The van der Waals surface area contributed by atoms with Crippen molar-refractivity contribution in [1.82, 2.24) is 4.98 Å². The molecule has 0 aliphatic heterocycles. The quantitative estimate of drug-likeness (QED) is 0.444. The number of para-hydroxylation sites is 1. The molecule has 0 aliphatic rings. The highest BCUT2D eigenvalue weighted by atomic mass is 16.5. The molecule has 0 aliphatic carbocycles. The number of methoxy groups -OCH3 is 1. The van der Waals surface area contributed by atoms with Crippen LogP contribution >= 0.6 is 0 Å². The maximum atomic E-state index is 13.0. The second kappa shape index (κ2) is 8.66. The SMILES string of the molecule is CCc1ccccc1NC(=O)c1ccccc1-c1ncc(-c2cccc(OC)c2)o1. The van der Waals surface area contributed by atoms with Crippen molar-refractivity contribution in [2.75, 3.05) is 12.4 Å². The summed E-state index contributed by atoms with van der Waals surface area (Å²) in [5, 5.41) is 3.02. The Morgan fingerprint density at radius 1 is 1.03 bits per heavy atom. The van der Waals surface area contributed by atoms with E-state index in [2.05, 4.69) is 17.2 Å². The van der Waals surface area contributed by atoms with Crippen LogP contribution in [0.15, 0.2) is 83.4 Å². The predicted octanol–water partition coefficient (Wildman–Crippen LogP) is 5.83. The summed E-state index contributed by atoms with van der Waals surface area (Å²) in [5.41, 5.74) is 3.89. The Hall–Kier alpha value is -3.86. The fourth-order valence-electron chi connectivity index (χ4n) is 3.32. The number of aromatic nitrogens is 1. The smallest absolute Gasteiger partial charge is 0.256 e. The van der Waals surface area contributed by atoms with E-state index in [0.717, 1.165) is 29.0 Å². The Bertz CT molecular complexity index is 1180. The summed E-state index contributed by atoms with van der Waals surface area (Å²) in [6.07, 6.45) is 2.49. The van der Waals surface area contributed by atoms with Gasteiger partial charge in [-0.2, -0.15) is 0 Å². The summed E-state index contributed by atoms with van der Waals surface area (Å²) in [4.78, 5) is 17.5. The monoisotopic (exact) mass is 398 g/mol. The van der Waals surface area contributed by atoms with Gasteiger partial charge in [0, 0.05) is 16.8 Å². The van der Waals surface area contributed by atoms with E-state index in [1.165, 1.54) is 0 Å². The molecule has 0 unspecified atom stereocenters. The van der Waals surface area contributed by atoms with Crippen LogP contribution in [-0.4, -0.2) is 18.0 Å². The number of anilines is 1. The standard InChI is InChI=1S/C25H22N2O3/c1-3-17-9-4-7-14-22(17)27-24(28)20-12-5-6-13-21(20)25-26-16-23(30-25)18-10-8-11-19(15-18)29-2/h4-16H,3H2,1-2H3,(H,27,28). The molecule has 4 rings (SSSR count). The van der Waals surface area contributed by atoms with Crippen LogP contribution in [0.4, 0.5) is 5.69 Å². The third-order valence-corrected chi connectivity index (χ3v) is 4.91. The van der Waals surface area contributed by atoms with E-state index in [1.54, 1.807) is 19.4 Å². The molecule has 5 heteroatoms. The zero-order valence-corrected chi connectivity index (χ0v) is 16.9. The molecule has 30 heavy (non-hydrogen) atoms. The number of amides is 1. The maximum Gasteiger partial charge on any atom is 0.256 e. The molecule has 0 bridgehead atoms. The van der Waals surface area contributed by atoms with E-state index in [9.17, 15) is 4.79 Å². The highest BCUT2D eigenvalue weighted by Gasteiger charge is 2.18. The molecule has 0 saturated heterocycles. The topological polar surface area (TPSA) is 64.4 Å². The zero-order chi connectivity index (χ0) is 20.9. The van der Waals surface area contributed by atoms with Gasteiger partial charge in [-0.25, -0.2) is 4.98 Å². The van der Waals surface area contributed by atoms with Gasteiger partial charge in [0.15, 0.2) is 5.76 Å². The van der Waals surface area contributed by atoms with Crippen LogP contribution in [0.25, 0.3) is 22.8 Å². The van der Waals surface area contributed by atoms with E-state index in [4.69, 9.17) is 9.15 Å². The van der Waals surface area contributed by atoms with Crippen molar-refractivity contribution in [2.45, 2.75) is 13.3 Å². The van der Waals surface area contributed by atoms with Gasteiger partial charge in [-0.1, -0.05) is 49.4 Å². The molecule has 1 heterocycles. The van der Waals surface area contributed by atoms with E-state index in [-0.39, 0.29) is 5.91 Å². The van der Waals surface area contributed by atoms with Crippen molar-refractivity contribution in [3.63, 3.8) is 0 Å². The first kappa shape index (κ1) is 19.5. The van der Waals surface area contributed by atoms with E-state index in [0.29, 0.717) is 22.8 Å². The fourth-order valence-corrected chi connectivity index (χ4v) is 3.32. The largest absolute Gasteiger partial charge is 0.497 e. The number of carbonyl (C=O) groups is 1. The molecular weight excluding hydrogens is 376 g/mol. The molecule has 0 spiro atoms. The lowest BCUT2D eigenvalue weighted by Gasteiger charge is -2.11. The van der Waals surface area contributed by atoms with Gasteiger partial charge in [-0.3, -0.25) is 4.79 Å². The number of nitrogens with zero attached hydrogens (tertiary/aromatic N) is 1. The number of benzene rings is 3. The third kappa shape index (κ3) is 3.96. The minimum atomic E-state index is -0.201. The number of aryl methyl sites for hydroxylation is 1. The van der Waals surface area contributed by atoms with Gasteiger partial charge in [0.25, 0.3) is 5.91 Å². The van der Waals surface area contributed by atoms with Crippen LogP contribution in [0.2, 0.25) is 0 Å². The van der Waals surface area contributed by atoms with Crippen molar-refractivity contribution < 1.29 is 13.9 Å². The Kier molecular flexibility index (Phi) is 5.61. The number of oxazole rings is 1. The van der Waals surface area contributed by atoms with Crippen molar-refractivity contribution >= 4 is 11.6 Å². The molecule has 5 nitrogen and oxygen atoms in total. The number of ether oxygens (including phenoxy) is 1. The summed E-state index contributed by atoms with van der Waals surface area (Å²) in [6.45, 7) is 2.06. The van der Waals surface area contributed by atoms with Gasteiger partial charge in [-0.05, 0) is 42.3 Å². The van der Waals surface area contributed by atoms with Crippen molar-refractivity contribution in [3.05, 3.63) is 90.1 Å². The summed E-state index contributed by atoms with van der Waals surface area (Å²) in [7, 11) is 1.62. The van der Waals surface area contributed by atoms with E-state index >= 15 is 0 Å². The second-order valence-electron chi connectivity index (χ2n) is 6.77. The number of hydrogen-bond acceptors (Lipinski definition) is 4. The Morgan fingerprint density at radius 3 is 2.67 bits per heavy atom. The first-order chi connectivity index (χ1) is 14.7. The van der Waals surface area contributed by atoms with Gasteiger partial charge >= 0.3 is 0 Å². The number of hydrogen-bond donors (Lipinski definition) is 1. The Morgan fingerprint density at radius 2 is 1.83 bits per heavy atom. The average Bonchev–Trinajstić information content (AvgIpc) is 3.30. The van der Waals surface area contributed by atoms with Crippen molar-refractivity contribution in [3.8, 4) is 28.5 Å². The van der Waals surface area contributed by atoms with Gasteiger partial charge in [0.1, 0.15) is 5.75 Å². The van der Waals surface area contributed by atoms with E-state index < -0.39 is 0 Å². The normalized spacial score (nSPS) is 10.6. The highest BCUT2D eigenvalue weighted by molar-refractivity contribution is 6.08. The first-order valence-electron chi connectivity index (χ1n) is 9.78. The number of nitrogens with one attached hydrogen (secondary N) is 1. The van der Waals surface area contributed by atoms with Crippen LogP contribution in [0.5, 0.6) is 5.75 Å². The molecule has 0 saturated carbocycles. The highest BCUT2D eigenvalue weighted by Crippen LogP contribution is 2.30. The minimum absolute atomic E-state index is 0.201. The molecule has 150 valence electrons. The molecule has 4 aromatic rings. The molecule has 1 N–H and O–H groups in total. The van der Waals surface area contributed by atoms with Crippen LogP contribution in [0.3, 0.4) is 0 Å². The Balaban J connectivity index is 1.65. The van der Waals surface area contributed by atoms with Gasteiger partial charge < -0.3 is 14.5 Å². The van der Waals surface area contributed by atoms with Gasteiger partial charge in [0.2, 0.25) is 5.89 Å². The molecule has 3 aromatic carbocycles. The average molecular weight is 398 g/mol. The lowest BCUT2D eigenvalue weighted by atomic mass is 10.1. The third-order valence-electron chi connectivity index (χ3n) is 4.91. The predicted molar refractivity (Wildman–Crippen MR) is 118 cm³/mol. The van der Waals surface area contributed by atoms with Crippen LogP contribution < -0.4 is 10.1 Å². The van der Waals surface area contributed by atoms with Crippen LogP contribution in [0, 0.1) is 0 Å². The molecule has 1 aromatic heterocycles. The summed E-state index contributed by atoms with van der Waals surface area (Å²) >= 11 is 0. The van der Waals surface area contributed by atoms with Gasteiger partial charge in [-0.15, -0.1) is 0 Å². The number of rotatable bonds is 6. The second-order valence-corrected chi connectivity index (χ2v) is 6.77. The van der Waals surface area contributed by atoms with Crippen molar-refractivity contribution in [1.29, 1.82) is 0 Å². The molecule has 0 fully saturated rings. The number of carbonyl (C=O) groups excluding carboxylic acids is 1. The summed E-state index contributed by atoms with van der Waals surface area (Å²) < 4.78 is 11.3. The van der Waals surface area contributed by atoms with E-state index in [1.807, 2.05) is 66.7 Å². The summed E-state index contributed by atoms with van der Waals surface area (Å²) in [5.74, 6) is 1.53. The first-order valence-corrected chi connectivity index (χ1v) is 9.78. The van der Waals surface area contributed by atoms with Crippen LogP contribution in [-0.2, 0) is 6.42 Å². The van der Waals surface area contributed by atoms with Crippen molar-refractivity contribution in [2.24, 2.45) is 0 Å². The lowest BCUT2D eigenvalue weighted by molar-refractivity contribution is 0.102. The molecule has 0 radical (unpaired) electrons. The minimum Gasteiger partial charge on any atom is -0.497 e. The van der Waals surface area contributed by atoms with Gasteiger partial charge in [0.05, 0.1) is 18.9 Å². The Labute approximate surface area is 175 Å². The maximum absolute atomic E-state index is 13.0. The molecular formula is C25H22N2O3. The van der Waals surface area contributed by atoms with Crippen LogP contribution in [0.1, 0.15) is 22.8 Å². The molecule has 0 atom stereocenters. The zero-order valence-electron chi connectivity index (χ0n) is 16.9. The summed E-state index contributed by atoms with van der Waals surface area (Å²) in [6, 6.07) is 22.7. The lowest BCUT2D eigenvalue weighted by Crippen LogP contribution is -2.14.